The predicted octanol–water partition coefficient (Wildman–Crippen LogP) is 3.99. The highest BCUT2D eigenvalue weighted by Gasteiger charge is 2.07. The summed E-state index contributed by atoms with van der Waals surface area (Å²) in [6.45, 7) is 8.71. The van der Waals surface area contributed by atoms with Crippen LogP contribution < -0.4 is 4.90 Å². The second kappa shape index (κ2) is 4.56. The molecular weight excluding hydrogens is 194 g/mol. The van der Waals surface area contributed by atoms with E-state index in [1.165, 1.54) is 22.0 Å². The van der Waals surface area contributed by atoms with E-state index in [2.05, 4.69) is 62.1 Å². The van der Waals surface area contributed by atoms with E-state index in [9.17, 15) is 0 Å². The van der Waals surface area contributed by atoms with Crippen molar-refractivity contribution in [3.63, 3.8) is 0 Å². The van der Waals surface area contributed by atoms with E-state index < -0.39 is 0 Å². The molecule has 2 rings (SSSR count). The molecule has 0 aromatic heterocycles. The quantitative estimate of drug-likeness (QED) is 0.745. The molecule has 1 nitrogen and oxygen atoms in total. The molecule has 0 N–H and O–H groups in total. The maximum absolute atomic E-state index is 2.40. The highest BCUT2D eigenvalue weighted by atomic mass is 15.1. The van der Waals surface area contributed by atoms with E-state index in [1.54, 1.807) is 0 Å². The number of hydrogen-bond acceptors (Lipinski definition) is 1. The van der Waals surface area contributed by atoms with E-state index in [-0.39, 0.29) is 0 Å². The Hall–Kier alpha value is -1.50. The maximum atomic E-state index is 2.40. The fourth-order valence-corrected chi connectivity index (χ4v) is 2.27. The Labute approximate surface area is 97.7 Å². The number of fused-ring (bicyclic) bond motifs is 1. The molecule has 0 unspecified atom stereocenters. The van der Waals surface area contributed by atoms with Crippen LogP contribution in [0.5, 0.6) is 0 Å². The van der Waals surface area contributed by atoms with Crippen LogP contribution in [0.4, 0.5) is 5.69 Å². The van der Waals surface area contributed by atoms with Gasteiger partial charge < -0.3 is 4.90 Å². The predicted molar refractivity (Wildman–Crippen MR) is 72.2 cm³/mol. The molecule has 0 aliphatic carbocycles. The van der Waals surface area contributed by atoms with Crippen LogP contribution in [0.3, 0.4) is 0 Å². The van der Waals surface area contributed by atoms with Crippen molar-refractivity contribution < 1.29 is 0 Å². The summed E-state index contributed by atoms with van der Waals surface area (Å²) in [6, 6.07) is 13.1. The second-order valence-corrected chi connectivity index (χ2v) is 4.12. The molecule has 84 valence electrons. The SMILES string of the molecule is CCN(CC)c1ccc(C)c2ccccc12. The lowest BCUT2D eigenvalue weighted by atomic mass is 10.0. The van der Waals surface area contributed by atoms with Gasteiger partial charge in [-0.2, -0.15) is 0 Å². The van der Waals surface area contributed by atoms with Crippen molar-refractivity contribution in [2.24, 2.45) is 0 Å². The largest absolute Gasteiger partial charge is 0.372 e. The van der Waals surface area contributed by atoms with Crippen LogP contribution in [-0.4, -0.2) is 13.1 Å². The topological polar surface area (TPSA) is 3.24 Å². The van der Waals surface area contributed by atoms with Crippen molar-refractivity contribution in [2.45, 2.75) is 20.8 Å². The van der Waals surface area contributed by atoms with Crippen molar-refractivity contribution in [1.82, 2.24) is 0 Å². The molecule has 1 heteroatoms. The number of rotatable bonds is 3. The lowest BCUT2D eigenvalue weighted by molar-refractivity contribution is 0.870. The van der Waals surface area contributed by atoms with Crippen LogP contribution >= 0.6 is 0 Å². The number of hydrogen-bond donors (Lipinski definition) is 0. The zero-order valence-electron chi connectivity index (χ0n) is 10.3. The standard InChI is InChI=1S/C15H19N/c1-4-16(5-2)15-11-10-12(3)13-8-6-7-9-14(13)15/h6-11H,4-5H2,1-3H3. The lowest BCUT2D eigenvalue weighted by Gasteiger charge is -2.23. The third kappa shape index (κ3) is 1.78. The fourth-order valence-electron chi connectivity index (χ4n) is 2.27. The molecule has 0 aliphatic heterocycles. The Kier molecular flexibility index (Phi) is 3.14. The van der Waals surface area contributed by atoms with Gasteiger partial charge >= 0.3 is 0 Å². The number of anilines is 1. The molecule has 0 atom stereocenters. The summed E-state index contributed by atoms with van der Waals surface area (Å²) < 4.78 is 0. The summed E-state index contributed by atoms with van der Waals surface area (Å²) in [7, 11) is 0. The Morgan fingerprint density at radius 2 is 1.50 bits per heavy atom. The summed E-state index contributed by atoms with van der Waals surface area (Å²) in [5.74, 6) is 0. The van der Waals surface area contributed by atoms with Crippen molar-refractivity contribution in [2.75, 3.05) is 18.0 Å². The number of benzene rings is 2. The zero-order chi connectivity index (χ0) is 11.5. The molecule has 0 saturated carbocycles. The van der Waals surface area contributed by atoms with Gasteiger partial charge in [-0.25, -0.2) is 0 Å². The summed E-state index contributed by atoms with van der Waals surface area (Å²) in [4.78, 5) is 2.40. The summed E-state index contributed by atoms with van der Waals surface area (Å²) in [5.41, 5.74) is 2.71. The first-order valence-electron chi connectivity index (χ1n) is 6.01. The minimum absolute atomic E-state index is 1.06. The van der Waals surface area contributed by atoms with Crippen LogP contribution in [0.15, 0.2) is 36.4 Å². The van der Waals surface area contributed by atoms with Crippen molar-refractivity contribution in [3.05, 3.63) is 42.0 Å². The van der Waals surface area contributed by atoms with Crippen LogP contribution in [0.25, 0.3) is 10.8 Å². The second-order valence-electron chi connectivity index (χ2n) is 4.12. The van der Waals surface area contributed by atoms with Gasteiger partial charge in [-0.05, 0) is 37.8 Å². The summed E-state index contributed by atoms with van der Waals surface area (Å²) >= 11 is 0. The molecule has 0 saturated heterocycles. The Balaban J connectivity index is 2.66. The highest BCUT2D eigenvalue weighted by Crippen LogP contribution is 2.28. The molecule has 0 fully saturated rings. The Morgan fingerprint density at radius 1 is 0.875 bits per heavy atom. The minimum Gasteiger partial charge on any atom is -0.372 e. The number of nitrogens with zero attached hydrogens (tertiary/aromatic N) is 1. The van der Waals surface area contributed by atoms with Gasteiger partial charge in [-0.1, -0.05) is 30.3 Å². The molecule has 0 spiro atoms. The van der Waals surface area contributed by atoms with E-state index >= 15 is 0 Å². The van der Waals surface area contributed by atoms with Gasteiger partial charge in [0.05, 0.1) is 0 Å². The first-order valence-corrected chi connectivity index (χ1v) is 6.01. The lowest BCUT2D eigenvalue weighted by Crippen LogP contribution is -2.22. The smallest absolute Gasteiger partial charge is 0.0445 e. The molecule has 2 aromatic rings. The fraction of sp³-hybridized carbons (Fsp3) is 0.333. The van der Waals surface area contributed by atoms with Gasteiger partial charge in [-0.3, -0.25) is 0 Å². The van der Waals surface area contributed by atoms with Gasteiger partial charge in [0, 0.05) is 24.2 Å². The Morgan fingerprint density at radius 3 is 2.12 bits per heavy atom. The number of aryl methyl sites for hydroxylation is 1. The minimum atomic E-state index is 1.06. The van der Waals surface area contributed by atoms with E-state index in [4.69, 9.17) is 0 Å². The monoisotopic (exact) mass is 213 g/mol. The van der Waals surface area contributed by atoms with Gasteiger partial charge in [-0.15, -0.1) is 0 Å². The third-order valence-corrected chi connectivity index (χ3v) is 3.22. The Bertz CT molecular complexity index is 484. The van der Waals surface area contributed by atoms with Crippen molar-refractivity contribution in [1.29, 1.82) is 0 Å². The van der Waals surface area contributed by atoms with E-state index in [1.807, 2.05) is 0 Å². The normalized spacial score (nSPS) is 10.7. The molecular formula is C15H19N. The van der Waals surface area contributed by atoms with Gasteiger partial charge in [0.15, 0.2) is 0 Å². The first-order chi connectivity index (χ1) is 7.77. The molecule has 2 aromatic carbocycles. The molecule has 0 radical (unpaired) electrons. The molecule has 0 heterocycles. The van der Waals surface area contributed by atoms with Gasteiger partial charge in [0.2, 0.25) is 0 Å². The third-order valence-electron chi connectivity index (χ3n) is 3.22. The molecule has 16 heavy (non-hydrogen) atoms. The highest BCUT2D eigenvalue weighted by molar-refractivity contribution is 5.96. The average molecular weight is 213 g/mol. The molecule has 0 bridgehead atoms. The van der Waals surface area contributed by atoms with Crippen LogP contribution in [0.1, 0.15) is 19.4 Å². The van der Waals surface area contributed by atoms with Gasteiger partial charge in [0.25, 0.3) is 0 Å². The zero-order valence-corrected chi connectivity index (χ0v) is 10.3. The van der Waals surface area contributed by atoms with Crippen LogP contribution in [0, 0.1) is 6.92 Å². The summed E-state index contributed by atoms with van der Waals surface area (Å²) in [6.07, 6.45) is 0. The van der Waals surface area contributed by atoms with Crippen LogP contribution in [0.2, 0.25) is 0 Å². The summed E-state index contributed by atoms with van der Waals surface area (Å²) in [5, 5.41) is 2.73. The van der Waals surface area contributed by atoms with Crippen molar-refractivity contribution in [3.8, 4) is 0 Å². The maximum Gasteiger partial charge on any atom is 0.0445 e. The van der Waals surface area contributed by atoms with E-state index in [0.717, 1.165) is 13.1 Å². The van der Waals surface area contributed by atoms with E-state index in [0.29, 0.717) is 0 Å². The van der Waals surface area contributed by atoms with Crippen molar-refractivity contribution >= 4 is 16.5 Å². The molecule has 0 aliphatic rings. The van der Waals surface area contributed by atoms with Crippen LogP contribution in [-0.2, 0) is 0 Å². The molecule has 0 amide bonds. The van der Waals surface area contributed by atoms with Gasteiger partial charge in [0.1, 0.15) is 0 Å². The average Bonchev–Trinajstić information content (AvgIpc) is 2.34. The first kappa shape index (κ1) is 11.0.